The molecule has 182 valence electrons. The number of ketones is 1. The number of thiazole rings is 1. The lowest BCUT2D eigenvalue weighted by Gasteiger charge is -2.22. The van der Waals surface area contributed by atoms with Crippen LogP contribution in [0, 0.1) is 0 Å². The number of ether oxygens (including phenoxy) is 1. The number of likely N-dealkylation sites (N-methyl/N-ethyl adjacent to an activating group) is 1. The molecule has 1 aliphatic heterocycles. The number of anilines is 1. The van der Waals surface area contributed by atoms with E-state index in [-0.39, 0.29) is 17.4 Å². The average Bonchev–Trinajstić information content (AvgIpc) is 3.48. The minimum Gasteiger partial charge on any atom is -0.463 e. The van der Waals surface area contributed by atoms with E-state index in [1.165, 1.54) is 21.5 Å². The van der Waals surface area contributed by atoms with Crippen LogP contribution in [0.1, 0.15) is 38.7 Å². The summed E-state index contributed by atoms with van der Waals surface area (Å²) >= 11 is 1.36. The fourth-order valence-electron chi connectivity index (χ4n) is 4.12. The standard InChI is InChI=1S/C25H33N5O3S/c1-17(2)28(3)15-16-33-24-27-22-21(23(32)29(24)4)26-25(34-22)30-14-8-11-19(30)20(31)13-12-18-9-6-5-7-10-18/h5-7,9-10,17,19H,8,11-16H2,1-4H3/t19-/m1/s1. The van der Waals surface area contributed by atoms with Gasteiger partial charge in [-0.25, -0.2) is 4.98 Å². The van der Waals surface area contributed by atoms with Crippen molar-refractivity contribution >= 4 is 32.6 Å². The number of aromatic nitrogens is 3. The van der Waals surface area contributed by atoms with Crippen molar-refractivity contribution in [2.45, 2.75) is 51.6 Å². The van der Waals surface area contributed by atoms with Crippen molar-refractivity contribution in [1.82, 2.24) is 19.4 Å². The first-order valence-corrected chi connectivity index (χ1v) is 12.7. The zero-order valence-electron chi connectivity index (χ0n) is 20.4. The van der Waals surface area contributed by atoms with Crippen molar-refractivity contribution in [1.29, 1.82) is 0 Å². The van der Waals surface area contributed by atoms with E-state index in [4.69, 9.17) is 4.74 Å². The number of carbonyl (C=O) groups is 1. The zero-order chi connectivity index (χ0) is 24.2. The highest BCUT2D eigenvalue weighted by molar-refractivity contribution is 7.21. The van der Waals surface area contributed by atoms with Gasteiger partial charge in [0.15, 0.2) is 21.3 Å². The number of Topliss-reactive ketones (excluding diaryl/α,β-unsaturated/α-hetero) is 1. The van der Waals surface area contributed by atoms with E-state index in [0.717, 1.165) is 32.4 Å². The second kappa shape index (κ2) is 10.7. The Morgan fingerprint density at radius 2 is 2.03 bits per heavy atom. The monoisotopic (exact) mass is 483 g/mol. The predicted octanol–water partition coefficient (Wildman–Crippen LogP) is 3.28. The number of benzene rings is 1. The predicted molar refractivity (Wildman–Crippen MR) is 136 cm³/mol. The molecule has 0 amide bonds. The lowest BCUT2D eigenvalue weighted by atomic mass is 10.0. The van der Waals surface area contributed by atoms with E-state index in [1.54, 1.807) is 7.05 Å². The summed E-state index contributed by atoms with van der Waals surface area (Å²) in [6.45, 7) is 6.18. The highest BCUT2D eigenvalue weighted by Crippen LogP contribution is 2.33. The van der Waals surface area contributed by atoms with Crippen LogP contribution in [0.4, 0.5) is 5.13 Å². The molecular formula is C25H33N5O3S. The maximum atomic E-state index is 13.0. The van der Waals surface area contributed by atoms with Gasteiger partial charge in [0.25, 0.3) is 11.6 Å². The summed E-state index contributed by atoms with van der Waals surface area (Å²) in [6, 6.07) is 10.6. The molecule has 0 bridgehead atoms. The number of fused-ring (bicyclic) bond motifs is 1. The molecule has 1 aliphatic rings. The van der Waals surface area contributed by atoms with Crippen LogP contribution >= 0.6 is 11.3 Å². The molecule has 3 aromatic rings. The summed E-state index contributed by atoms with van der Waals surface area (Å²) in [6.07, 6.45) is 2.98. The van der Waals surface area contributed by atoms with Gasteiger partial charge >= 0.3 is 0 Å². The minimum atomic E-state index is -0.231. The molecule has 0 saturated carbocycles. The van der Waals surface area contributed by atoms with Gasteiger partial charge in [-0.1, -0.05) is 41.7 Å². The molecule has 0 unspecified atom stereocenters. The number of aryl methyl sites for hydroxylation is 1. The normalized spacial score (nSPS) is 16.2. The third-order valence-corrected chi connectivity index (χ3v) is 7.51. The molecule has 1 atom stereocenters. The van der Waals surface area contributed by atoms with Crippen LogP contribution in [0.15, 0.2) is 35.1 Å². The van der Waals surface area contributed by atoms with E-state index >= 15 is 0 Å². The SMILES string of the molecule is CC(C)N(C)CCOc1nc2sc(N3CCC[C@@H]3C(=O)CCc3ccccc3)nc2c(=O)n1C. The topological polar surface area (TPSA) is 80.6 Å². The molecule has 9 heteroatoms. The zero-order valence-corrected chi connectivity index (χ0v) is 21.2. The van der Waals surface area contributed by atoms with Crippen molar-refractivity contribution < 1.29 is 9.53 Å². The molecule has 0 spiro atoms. The largest absolute Gasteiger partial charge is 0.463 e. The first-order valence-electron chi connectivity index (χ1n) is 11.9. The van der Waals surface area contributed by atoms with Crippen LogP contribution in [0.3, 0.4) is 0 Å². The number of rotatable bonds is 10. The van der Waals surface area contributed by atoms with Crippen LogP contribution in [0.2, 0.25) is 0 Å². The summed E-state index contributed by atoms with van der Waals surface area (Å²) < 4.78 is 7.25. The van der Waals surface area contributed by atoms with E-state index in [0.29, 0.717) is 40.6 Å². The molecule has 4 rings (SSSR count). The van der Waals surface area contributed by atoms with Gasteiger partial charge in [0.2, 0.25) is 0 Å². The second-order valence-electron chi connectivity index (χ2n) is 9.13. The average molecular weight is 484 g/mol. The molecule has 0 aliphatic carbocycles. The quantitative estimate of drug-likeness (QED) is 0.438. The third-order valence-electron chi connectivity index (χ3n) is 6.52. The van der Waals surface area contributed by atoms with Gasteiger partial charge in [0.1, 0.15) is 6.61 Å². The van der Waals surface area contributed by atoms with Crippen LogP contribution in [0.5, 0.6) is 6.01 Å². The first kappa shape index (κ1) is 24.3. The maximum Gasteiger partial charge on any atom is 0.300 e. The molecule has 1 saturated heterocycles. The van der Waals surface area contributed by atoms with Crippen LogP contribution < -0.4 is 15.2 Å². The van der Waals surface area contributed by atoms with E-state index in [9.17, 15) is 9.59 Å². The fourth-order valence-corrected chi connectivity index (χ4v) is 5.12. The Labute approximate surface area is 204 Å². The van der Waals surface area contributed by atoms with Gasteiger partial charge in [0.05, 0.1) is 6.04 Å². The number of nitrogens with zero attached hydrogens (tertiary/aromatic N) is 5. The number of hydrogen-bond donors (Lipinski definition) is 0. The van der Waals surface area contributed by atoms with Gasteiger partial charge in [-0.3, -0.25) is 14.2 Å². The number of carbonyl (C=O) groups excluding carboxylic acids is 1. The van der Waals surface area contributed by atoms with Crippen molar-refractivity contribution in [2.75, 3.05) is 31.6 Å². The van der Waals surface area contributed by atoms with Crippen LogP contribution in [-0.4, -0.2) is 64.0 Å². The Kier molecular flexibility index (Phi) is 7.63. The Bertz CT molecular complexity index is 1190. The van der Waals surface area contributed by atoms with Crippen LogP contribution in [-0.2, 0) is 18.3 Å². The Balaban J connectivity index is 1.49. The lowest BCUT2D eigenvalue weighted by molar-refractivity contribution is -0.120. The summed E-state index contributed by atoms with van der Waals surface area (Å²) in [5.41, 5.74) is 1.27. The molecule has 34 heavy (non-hydrogen) atoms. The van der Waals surface area contributed by atoms with Crippen molar-refractivity contribution in [2.24, 2.45) is 7.05 Å². The Morgan fingerprint density at radius 3 is 2.76 bits per heavy atom. The van der Waals surface area contributed by atoms with Crippen molar-refractivity contribution in [3.05, 3.63) is 46.2 Å². The molecule has 1 fully saturated rings. The van der Waals surface area contributed by atoms with E-state index in [2.05, 4.69) is 45.7 Å². The molecule has 0 N–H and O–H groups in total. The first-order chi connectivity index (χ1) is 16.3. The summed E-state index contributed by atoms with van der Waals surface area (Å²) in [7, 11) is 3.69. The molecule has 3 heterocycles. The highest BCUT2D eigenvalue weighted by Gasteiger charge is 2.32. The molecule has 2 aromatic heterocycles. The minimum absolute atomic E-state index is 0.199. The van der Waals surface area contributed by atoms with Gasteiger partial charge in [-0.05, 0) is 45.7 Å². The van der Waals surface area contributed by atoms with Gasteiger partial charge in [0, 0.05) is 32.6 Å². The summed E-state index contributed by atoms with van der Waals surface area (Å²) in [4.78, 5) is 40.0. The lowest BCUT2D eigenvalue weighted by Crippen LogP contribution is -2.36. The smallest absolute Gasteiger partial charge is 0.300 e. The van der Waals surface area contributed by atoms with Crippen LogP contribution in [0.25, 0.3) is 10.3 Å². The highest BCUT2D eigenvalue weighted by atomic mass is 32.1. The molecular weight excluding hydrogens is 450 g/mol. The van der Waals surface area contributed by atoms with E-state index in [1.807, 2.05) is 25.2 Å². The van der Waals surface area contributed by atoms with Crippen molar-refractivity contribution in [3.63, 3.8) is 0 Å². The molecule has 8 nitrogen and oxygen atoms in total. The molecule has 1 aromatic carbocycles. The second-order valence-corrected chi connectivity index (χ2v) is 10.1. The third kappa shape index (κ3) is 5.31. The van der Waals surface area contributed by atoms with E-state index < -0.39 is 0 Å². The fraction of sp³-hybridized carbons (Fsp3) is 0.520. The summed E-state index contributed by atoms with van der Waals surface area (Å²) in [5.74, 6) is 0.222. The molecule has 0 radical (unpaired) electrons. The summed E-state index contributed by atoms with van der Waals surface area (Å²) in [5, 5.41) is 0.687. The Hall–Kier alpha value is -2.78. The van der Waals surface area contributed by atoms with Gasteiger partial charge in [-0.2, -0.15) is 4.98 Å². The van der Waals surface area contributed by atoms with Gasteiger partial charge in [-0.15, -0.1) is 0 Å². The number of hydrogen-bond acceptors (Lipinski definition) is 8. The Morgan fingerprint density at radius 1 is 1.26 bits per heavy atom. The van der Waals surface area contributed by atoms with Gasteiger partial charge < -0.3 is 14.5 Å². The maximum absolute atomic E-state index is 13.0. The van der Waals surface area contributed by atoms with Crippen molar-refractivity contribution in [3.8, 4) is 6.01 Å².